The third kappa shape index (κ3) is 3.68. The van der Waals surface area contributed by atoms with Crippen molar-refractivity contribution < 1.29 is 13.9 Å². The predicted octanol–water partition coefficient (Wildman–Crippen LogP) is 4.16. The molecular weight excluding hydrogens is 433 g/mol. The van der Waals surface area contributed by atoms with Crippen LogP contribution >= 0.6 is 0 Å². The molecule has 0 spiro atoms. The number of hydrogen-bond acceptors (Lipinski definition) is 6. The number of nitrogens with one attached hydrogen (secondary N) is 1. The molecule has 0 saturated carbocycles. The van der Waals surface area contributed by atoms with Gasteiger partial charge in [0.15, 0.2) is 0 Å². The summed E-state index contributed by atoms with van der Waals surface area (Å²) in [5, 5.41) is 3.20. The van der Waals surface area contributed by atoms with Gasteiger partial charge in [-0.25, -0.2) is 9.37 Å². The van der Waals surface area contributed by atoms with Crippen LogP contribution in [-0.4, -0.2) is 42.6 Å². The Morgan fingerprint density at radius 3 is 2.82 bits per heavy atom. The minimum atomic E-state index is -0.440. The lowest BCUT2D eigenvalue weighted by Crippen LogP contribution is -2.30. The van der Waals surface area contributed by atoms with E-state index in [1.165, 1.54) is 13.2 Å². The van der Waals surface area contributed by atoms with E-state index in [9.17, 15) is 9.18 Å². The van der Waals surface area contributed by atoms with Crippen molar-refractivity contribution in [2.75, 3.05) is 30.5 Å². The molecule has 4 heterocycles. The maximum absolute atomic E-state index is 14.8. The number of halogens is 1. The van der Waals surface area contributed by atoms with Crippen LogP contribution in [0.15, 0.2) is 42.6 Å². The Kier molecular flexibility index (Phi) is 5.91. The normalized spacial score (nSPS) is 17.4. The molecule has 0 unspecified atom stereocenters. The maximum atomic E-state index is 14.8. The number of pyridine rings is 2. The first kappa shape index (κ1) is 22.3. The van der Waals surface area contributed by atoms with Crippen LogP contribution in [-0.2, 0) is 13.1 Å². The van der Waals surface area contributed by atoms with E-state index in [0.29, 0.717) is 41.0 Å². The van der Waals surface area contributed by atoms with Gasteiger partial charge in [-0.3, -0.25) is 14.7 Å². The first-order valence-corrected chi connectivity index (χ1v) is 11.6. The number of carbonyl (C=O) groups excluding carboxylic acids is 1. The Hall–Kier alpha value is -3.52. The van der Waals surface area contributed by atoms with E-state index in [4.69, 9.17) is 9.72 Å². The van der Waals surface area contributed by atoms with Crippen LogP contribution in [0.5, 0.6) is 5.75 Å². The second-order valence-electron chi connectivity index (χ2n) is 8.74. The lowest BCUT2D eigenvalue weighted by molar-refractivity contribution is 0.0996. The molecule has 0 bridgehead atoms. The standard InChI is InChI=1S/C26H28FN5O2/c1-16-6-5-13-31(16)21-9-10-23(30-20(21)14-28-2)32-15-18-17(26(32)33)11-12-29-25(18)24-19(27)7-4-8-22(24)34-3/h4,7-12,16,28H,5-6,13-15H2,1-3H3/t16-/m1/s1. The summed E-state index contributed by atoms with van der Waals surface area (Å²) < 4.78 is 20.2. The summed E-state index contributed by atoms with van der Waals surface area (Å²) >= 11 is 0. The zero-order valence-corrected chi connectivity index (χ0v) is 19.6. The summed E-state index contributed by atoms with van der Waals surface area (Å²) in [6, 6.07) is 10.8. The number of rotatable bonds is 6. The average molecular weight is 462 g/mol. The number of ether oxygens (including phenoxy) is 1. The molecule has 34 heavy (non-hydrogen) atoms. The molecule has 1 amide bonds. The van der Waals surface area contributed by atoms with Crippen molar-refractivity contribution in [3.63, 3.8) is 0 Å². The molecule has 7 nitrogen and oxygen atoms in total. The van der Waals surface area contributed by atoms with Crippen molar-refractivity contribution in [1.82, 2.24) is 15.3 Å². The van der Waals surface area contributed by atoms with Gasteiger partial charge in [-0.05, 0) is 57.1 Å². The zero-order valence-electron chi connectivity index (χ0n) is 19.6. The molecular formula is C26H28FN5O2. The molecule has 1 aromatic carbocycles. The molecule has 2 aliphatic rings. The highest BCUT2D eigenvalue weighted by Gasteiger charge is 2.34. The molecule has 1 N–H and O–H groups in total. The number of methoxy groups -OCH3 is 1. The molecule has 2 aromatic heterocycles. The van der Waals surface area contributed by atoms with Gasteiger partial charge in [0.2, 0.25) is 0 Å². The van der Waals surface area contributed by atoms with Gasteiger partial charge in [-0.15, -0.1) is 0 Å². The number of nitrogens with zero attached hydrogens (tertiary/aromatic N) is 4. The van der Waals surface area contributed by atoms with Crippen LogP contribution in [0.3, 0.4) is 0 Å². The Morgan fingerprint density at radius 1 is 1.24 bits per heavy atom. The number of hydrogen-bond donors (Lipinski definition) is 1. The van der Waals surface area contributed by atoms with E-state index in [1.807, 2.05) is 13.1 Å². The van der Waals surface area contributed by atoms with Crippen molar-refractivity contribution in [3.8, 4) is 17.0 Å². The monoisotopic (exact) mass is 461 g/mol. The summed E-state index contributed by atoms with van der Waals surface area (Å²) in [6.07, 6.45) is 3.87. The third-order valence-electron chi connectivity index (χ3n) is 6.70. The Morgan fingerprint density at radius 2 is 2.09 bits per heavy atom. The summed E-state index contributed by atoms with van der Waals surface area (Å²) in [6.45, 7) is 4.10. The SMILES string of the molecule is CNCc1nc(N2Cc3c(ccnc3-c3c(F)cccc3OC)C2=O)ccc1N1CCC[C@H]1C. The van der Waals surface area contributed by atoms with Crippen LogP contribution in [0.25, 0.3) is 11.3 Å². The Bertz CT molecular complexity index is 1250. The van der Waals surface area contributed by atoms with E-state index >= 15 is 0 Å². The van der Waals surface area contributed by atoms with Crippen LogP contribution < -0.4 is 19.9 Å². The lowest BCUT2D eigenvalue weighted by atomic mass is 10.0. The maximum Gasteiger partial charge on any atom is 0.260 e. The lowest BCUT2D eigenvalue weighted by Gasteiger charge is -2.27. The summed E-state index contributed by atoms with van der Waals surface area (Å²) in [5.74, 6) is 0.350. The van der Waals surface area contributed by atoms with Gasteiger partial charge in [0.05, 0.1) is 36.3 Å². The number of anilines is 2. The van der Waals surface area contributed by atoms with E-state index in [-0.39, 0.29) is 18.0 Å². The largest absolute Gasteiger partial charge is 0.496 e. The fraction of sp³-hybridized carbons (Fsp3) is 0.346. The molecule has 1 fully saturated rings. The number of carbonyl (C=O) groups is 1. The van der Waals surface area contributed by atoms with Crippen molar-refractivity contribution in [2.24, 2.45) is 0 Å². The minimum Gasteiger partial charge on any atom is -0.496 e. The van der Waals surface area contributed by atoms with E-state index in [2.05, 4.69) is 28.2 Å². The molecule has 3 aromatic rings. The highest BCUT2D eigenvalue weighted by atomic mass is 19.1. The van der Waals surface area contributed by atoms with Gasteiger partial charge >= 0.3 is 0 Å². The highest BCUT2D eigenvalue weighted by Crippen LogP contribution is 2.39. The second kappa shape index (κ2) is 9.02. The van der Waals surface area contributed by atoms with Gasteiger partial charge in [-0.2, -0.15) is 0 Å². The topological polar surface area (TPSA) is 70.6 Å². The molecule has 1 atom stereocenters. The van der Waals surface area contributed by atoms with Crippen molar-refractivity contribution in [2.45, 2.75) is 38.9 Å². The first-order valence-electron chi connectivity index (χ1n) is 11.6. The minimum absolute atomic E-state index is 0.167. The van der Waals surface area contributed by atoms with Gasteiger partial charge < -0.3 is 15.0 Å². The molecule has 8 heteroatoms. The fourth-order valence-corrected chi connectivity index (χ4v) is 5.02. The van der Waals surface area contributed by atoms with E-state index in [1.54, 1.807) is 29.3 Å². The number of fused-ring (bicyclic) bond motifs is 1. The number of amides is 1. The molecule has 5 rings (SSSR count). The van der Waals surface area contributed by atoms with Gasteiger partial charge in [-0.1, -0.05) is 6.07 Å². The quantitative estimate of drug-likeness (QED) is 0.595. The first-order chi connectivity index (χ1) is 16.5. The van der Waals surface area contributed by atoms with Crippen molar-refractivity contribution >= 4 is 17.4 Å². The Balaban J connectivity index is 1.54. The van der Waals surface area contributed by atoms with Crippen molar-refractivity contribution in [1.29, 1.82) is 0 Å². The third-order valence-corrected chi connectivity index (χ3v) is 6.70. The van der Waals surface area contributed by atoms with Gasteiger partial charge in [0.1, 0.15) is 17.4 Å². The summed E-state index contributed by atoms with van der Waals surface area (Å²) in [7, 11) is 3.39. The number of benzene rings is 1. The van der Waals surface area contributed by atoms with Gasteiger partial charge in [0, 0.05) is 36.5 Å². The second-order valence-corrected chi connectivity index (χ2v) is 8.74. The summed E-state index contributed by atoms with van der Waals surface area (Å²) in [5.41, 5.74) is 3.87. The predicted molar refractivity (Wildman–Crippen MR) is 130 cm³/mol. The van der Waals surface area contributed by atoms with Crippen LogP contribution in [0.2, 0.25) is 0 Å². The van der Waals surface area contributed by atoms with Crippen LogP contribution in [0, 0.1) is 5.82 Å². The smallest absolute Gasteiger partial charge is 0.260 e. The highest BCUT2D eigenvalue weighted by molar-refractivity contribution is 6.10. The molecule has 1 saturated heterocycles. The summed E-state index contributed by atoms with van der Waals surface area (Å²) in [4.78, 5) is 26.7. The zero-order chi connectivity index (χ0) is 23.8. The fourth-order valence-electron chi connectivity index (χ4n) is 5.02. The van der Waals surface area contributed by atoms with Crippen molar-refractivity contribution in [3.05, 3.63) is 65.2 Å². The van der Waals surface area contributed by atoms with Crippen LogP contribution in [0.4, 0.5) is 15.9 Å². The number of aromatic nitrogens is 2. The molecule has 0 aliphatic carbocycles. The van der Waals surface area contributed by atoms with Crippen LogP contribution in [0.1, 0.15) is 41.4 Å². The Labute approximate surface area is 198 Å². The molecule has 2 aliphatic heterocycles. The van der Waals surface area contributed by atoms with E-state index < -0.39 is 5.82 Å². The van der Waals surface area contributed by atoms with E-state index in [0.717, 1.165) is 30.8 Å². The molecule has 0 radical (unpaired) electrons. The average Bonchev–Trinajstić information content (AvgIpc) is 3.42. The van der Waals surface area contributed by atoms with Gasteiger partial charge in [0.25, 0.3) is 5.91 Å². The molecule has 176 valence electrons.